The Morgan fingerprint density at radius 3 is 2.54 bits per heavy atom. The van der Waals surface area contributed by atoms with Crippen LogP contribution >= 0.6 is 11.3 Å². The summed E-state index contributed by atoms with van der Waals surface area (Å²) in [5.74, 6) is -1.12. The smallest absolute Gasteiger partial charge is 0.301 e. The zero-order valence-corrected chi connectivity index (χ0v) is 22.7. The fraction of sp³-hybridized carbons (Fsp3) is 0.200. The molecule has 3 aromatic heterocycles. The lowest BCUT2D eigenvalue weighted by molar-refractivity contribution is -0.132. The molecule has 1 aliphatic rings. The van der Waals surface area contributed by atoms with Crippen molar-refractivity contribution >= 4 is 49.8 Å². The zero-order valence-electron chi connectivity index (χ0n) is 21.9. The van der Waals surface area contributed by atoms with Crippen LogP contribution in [0.3, 0.4) is 0 Å². The Labute approximate surface area is 228 Å². The van der Waals surface area contributed by atoms with E-state index in [2.05, 4.69) is 4.98 Å². The Bertz CT molecular complexity index is 1820. The third kappa shape index (κ3) is 3.97. The summed E-state index contributed by atoms with van der Waals surface area (Å²) in [7, 11) is 0. The van der Waals surface area contributed by atoms with Gasteiger partial charge in [0, 0.05) is 6.20 Å². The van der Waals surface area contributed by atoms with Gasteiger partial charge in [-0.2, -0.15) is 0 Å². The number of hydrogen-bond acceptors (Lipinski definition) is 7. The van der Waals surface area contributed by atoms with Crippen LogP contribution in [0.2, 0.25) is 0 Å². The molecule has 0 bridgehead atoms. The van der Waals surface area contributed by atoms with E-state index in [4.69, 9.17) is 9.72 Å². The SMILES string of the molecule is CCOc1ccc2nc(N3C(=O)C(=O)C(=C(O)c4nc5c(C)cccn5c4C)C3c3ccc(C)cc3)sc2c1. The molecule has 2 aromatic carbocycles. The molecular formula is C30H26N4O4S. The van der Waals surface area contributed by atoms with Crippen molar-refractivity contribution in [2.24, 2.45) is 0 Å². The van der Waals surface area contributed by atoms with Crippen LogP contribution in [0.5, 0.6) is 5.75 Å². The molecular weight excluding hydrogens is 512 g/mol. The van der Waals surface area contributed by atoms with Gasteiger partial charge in [-0.1, -0.05) is 47.2 Å². The lowest BCUT2D eigenvalue weighted by atomic mass is 9.96. The number of imidazole rings is 1. The van der Waals surface area contributed by atoms with Crippen molar-refractivity contribution in [3.05, 3.63) is 94.4 Å². The first-order chi connectivity index (χ1) is 18.8. The number of carbonyl (C=O) groups excluding carboxylic acids is 2. The van der Waals surface area contributed by atoms with E-state index >= 15 is 0 Å². The topological polar surface area (TPSA) is 97.0 Å². The van der Waals surface area contributed by atoms with Crippen molar-refractivity contribution in [2.75, 3.05) is 11.5 Å². The number of aromatic nitrogens is 3. The van der Waals surface area contributed by atoms with Gasteiger partial charge in [0.05, 0.1) is 34.1 Å². The zero-order chi connectivity index (χ0) is 27.4. The van der Waals surface area contributed by atoms with Crippen LogP contribution in [0.25, 0.3) is 21.6 Å². The summed E-state index contributed by atoms with van der Waals surface area (Å²) < 4.78 is 8.32. The fourth-order valence-electron chi connectivity index (χ4n) is 5.02. The number of Topliss-reactive ketones (excluding diaryl/α,β-unsaturated/α-hetero) is 1. The number of hydrogen-bond donors (Lipinski definition) is 1. The number of rotatable bonds is 5. The number of thiazole rings is 1. The Kier molecular flexibility index (Phi) is 5.95. The predicted octanol–water partition coefficient (Wildman–Crippen LogP) is 5.89. The first-order valence-electron chi connectivity index (χ1n) is 12.6. The molecule has 0 saturated carbocycles. The van der Waals surface area contributed by atoms with E-state index in [0.29, 0.717) is 39.9 Å². The Morgan fingerprint density at radius 1 is 1.05 bits per heavy atom. The summed E-state index contributed by atoms with van der Waals surface area (Å²) in [6.45, 7) is 8.17. The maximum absolute atomic E-state index is 13.6. The summed E-state index contributed by atoms with van der Waals surface area (Å²) in [5.41, 5.74) is 4.94. The maximum Gasteiger partial charge on any atom is 0.301 e. The number of amides is 1. The normalized spacial score (nSPS) is 17.0. The van der Waals surface area contributed by atoms with Crippen LogP contribution < -0.4 is 9.64 Å². The van der Waals surface area contributed by atoms with Crippen molar-refractivity contribution in [3.63, 3.8) is 0 Å². The molecule has 0 spiro atoms. The summed E-state index contributed by atoms with van der Waals surface area (Å²) in [4.78, 5) is 38.0. The van der Waals surface area contributed by atoms with E-state index in [1.54, 1.807) is 0 Å². The van der Waals surface area contributed by atoms with E-state index < -0.39 is 17.7 Å². The Balaban J connectivity index is 1.56. The van der Waals surface area contributed by atoms with Gasteiger partial charge in [0.2, 0.25) is 0 Å². The van der Waals surface area contributed by atoms with Crippen LogP contribution in [0.15, 0.2) is 66.4 Å². The van der Waals surface area contributed by atoms with Crippen molar-refractivity contribution in [1.29, 1.82) is 0 Å². The number of ether oxygens (including phenoxy) is 1. The molecule has 1 N–H and O–H groups in total. The van der Waals surface area contributed by atoms with Crippen molar-refractivity contribution in [3.8, 4) is 5.75 Å². The standard InChI is InChI=1S/C30H26N4O4S/c1-5-38-20-12-13-21-22(15-20)39-30(31-21)34-25(19-10-8-16(2)9-11-19)23(27(36)29(34)37)26(35)24-18(4)33-14-6-7-17(3)28(33)32-24/h6-15,25,35H,5H2,1-4H3. The molecule has 1 saturated heterocycles. The fourth-order valence-corrected chi connectivity index (χ4v) is 6.04. The van der Waals surface area contributed by atoms with Gasteiger partial charge in [-0.25, -0.2) is 9.97 Å². The molecule has 9 heteroatoms. The van der Waals surface area contributed by atoms with Gasteiger partial charge in [0.15, 0.2) is 10.9 Å². The molecule has 5 aromatic rings. The van der Waals surface area contributed by atoms with Crippen LogP contribution in [0.1, 0.15) is 41.0 Å². The maximum atomic E-state index is 13.6. The number of carbonyl (C=O) groups is 2. The number of aryl methyl sites for hydroxylation is 3. The molecule has 1 fully saturated rings. The van der Waals surface area contributed by atoms with Gasteiger partial charge in [0.1, 0.15) is 17.1 Å². The highest BCUT2D eigenvalue weighted by Crippen LogP contribution is 2.45. The number of anilines is 1. The predicted molar refractivity (Wildman–Crippen MR) is 151 cm³/mol. The van der Waals surface area contributed by atoms with Gasteiger partial charge in [-0.05, 0) is 63.1 Å². The molecule has 0 aliphatic carbocycles. The van der Waals surface area contributed by atoms with Crippen molar-refractivity contribution in [1.82, 2.24) is 14.4 Å². The van der Waals surface area contributed by atoms with E-state index in [1.165, 1.54) is 16.2 Å². The number of pyridine rings is 1. The molecule has 6 rings (SSSR count). The molecule has 1 atom stereocenters. The number of fused-ring (bicyclic) bond motifs is 2. The number of nitrogens with zero attached hydrogens (tertiary/aromatic N) is 4. The highest BCUT2D eigenvalue weighted by Gasteiger charge is 2.48. The molecule has 39 heavy (non-hydrogen) atoms. The monoisotopic (exact) mass is 538 g/mol. The number of benzene rings is 2. The first-order valence-corrected chi connectivity index (χ1v) is 13.5. The molecule has 4 heterocycles. The van der Waals surface area contributed by atoms with E-state index in [0.717, 1.165) is 15.8 Å². The summed E-state index contributed by atoms with van der Waals surface area (Å²) in [6.07, 6.45) is 1.86. The highest BCUT2D eigenvalue weighted by molar-refractivity contribution is 7.22. The van der Waals surface area contributed by atoms with E-state index in [9.17, 15) is 14.7 Å². The van der Waals surface area contributed by atoms with Crippen LogP contribution in [-0.2, 0) is 9.59 Å². The minimum atomic E-state index is -0.872. The molecule has 1 unspecified atom stereocenters. The van der Waals surface area contributed by atoms with Gasteiger partial charge in [-0.3, -0.25) is 14.5 Å². The van der Waals surface area contributed by atoms with Gasteiger partial charge in [0.25, 0.3) is 5.78 Å². The summed E-state index contributed by atoms with van der Waals surface area (Å²) in [5, 5.41) is 12.0. The first kappa shape index (κ1) is 24.8. The summed E-state index contributed by atoms with van der Waals surface area (Å²) >= 11 is 1.30. The van der Waals surface area contributed by atoms with E-state index in [1.807, 2.05) is 92.9 Å². The van der Waals surface area contributed by atoms with Crippen LogP contribution in [0.4, 0.5) is 5.13 Å². The Hall–Kier alpha value is -4.50. The molecule has 196 valence electrons. The lowest BCUT2D eigenvalue weighted by Gasteiger charge is -2.23. The second kappa shape index (κ2) is 9.36. The van der Waals surface area contributed by atoms with Crippen LogP contribution in [-0.4, -0.2) is 37.8 Å². The van der Waals surface area contributed by atoms with Gasteiger partial charge < -0.3 is 14.2 Å². The minimum absolute atomic E-state index is 0.0118. The van der Waals surface area contributed by atoms with Crippen molar-refractivity contribution < 1.29 is 19.4 Å². The molecule has 8 nitrogen and oxygen atoms in total. The minimum Gasteiger partial charge on any atom is -0.505 e. The number of aliphatic hydroxyl groups excluding tert-OH is 1. The van der Waals surface area contributed by atoms with E-state index in [-0.39, 0.29) is 17.0 Å². The third-order valence-electron chi connectivity index (χ3n) is 7.01. The third-order valence-corrected chi connectivity index (χ3v) is 8.03. The van der Waals surface area contributed by atoms with Crippen molar-refractivity contribution in [2.45, 2.75) is 33.7 Å². The average Bonchev–Trinajstić information content (AvgIpc) is 3.57. The average molecular weight is 539 g/mol. The largest absolute Gasteiger partial charge is 0.505 e. The molecule has 0 radical (unpaired) electrons. The second-order valence-corrected chi connectivity index (χ2v) is 10.6. The van der Waals surface area contributed by atoms with Crippen LogP contribution in [0, 0.1) is 20.8 Å². The molecule has 1 aliphatic heterocycles. The molecule has 1 amide bonds. The number of ketones is 1. The lowest BCUT2D eigenvalue weighted by Crippen LogP contribution is -2.29. The highest BCUT2D eigenvalue weighted by atomic mass is 32.1. The number of aliphatic hydroxyl groups is 1. The van der Waals surface area contributed by atoms with Gasteiger partial charge in [-0.15, -0.1) is 0 Å². The van der Waals surface area contributed by atoms with Gasteiger partial charge >= 0.3 is 5.91 Å². The quantitative estimate of drug-likeness (QED) is 0.170. The second-order valence-electron chi connectivity index (χ2n) is 9.57. The Morgan fingerprint density at radius 2 is 1.82 bits per heavy atom. The summed E-state index contributed by atoms with van der Waals surface area (Å²) in [6, 6.07) is 16.1.